The zero-order valence-electron chi connectivity index (χ0n) is 12.2. The Kier molecular flexibility index (Phi) is 4.95. The maximum atomic E-state index is 10.8. The van der Waals surface area contributed by atoms with Crippen molar-refractivity contribution in [3.63, 3.8) is 0 Å². The van der Waals surface area contributed by atoms with Gasteiger partial charge in [0.15, 0.2) is 0 Å². The molecular formula is C17H19NO3. The molecular weight excluding hydrogens is 266 g/mol. The second-order valence-corrected chi connectivity index (χ2v) is 4.88. The van der Waals surface area contributed by atoms with Crippen LogP contribution >= 0.6 is 0 Å². The van der Waals surface area contributed by atoms with E-state index in [4.69, 9.17) is 9.84 Å². The van der Waals surface area contributed by atoms with Crippen LogP contribution < -0.4 is 10.1 Å². The molecule has 0 aliphatic rings. The Balaban J connectivity index is 1.96. The highest BCUT2D eigenvalue weighted by Gasteiger charge is 2.07. The number of rotatable bonds is 6. The van der Waals surface area contributed by atoms with E-state index in [0.717, 1.165) is 16.9 Å². The monoisotopic (exact) mass is 285 g/mol. The molecule has 1 atom stereocenters. The van der Waals surface area contributed by atoms with E-state index in [0.29, 0.717) is 12.1 Å². The second-order valence-electron chi connectivity index (χ2n) is 4.88. The van der Waals surface area contributed by atoms with Crippen LogP contribution in [-0.2, 0) is 6.54 Å². The third-order valence-corrected chi connectivity index (χ3v) is 3.41. The fourth-order valence-corrected chi connectivity index (χ4v) is 2.06. The van der Waals surface area contributed by atoms with Gasteiger partial charge >= 0.3 is 5.97 Å². The van der Waals surface area contributed by atoms with Gasteiger partial charge in [0.25, 0.3) is 0 Å². The lowest BCUT2D eigenvalue weighted by Gasteiger charge is -2.15. The molecule has 0 saturated heterocycles. The van der Waals surface area contributed by atoms with Gasteiger partial charge in [0.1, 0.15) is 5.75 Å². The minimum atomic E-state index is -0.903. The fraction of sp³-hybridized carbons (Fsp3) is 0.235. The number of methoxy groups -OCH3 is 1. The third-order valence-electron chi connectivity index (χ3n) is 3.41. The van der Waals surface area contributed by atoms with E-state index in [9.17, 15) is 4.79 Å². The molecule has 0 saturated carbocycles. The summed E-state index contributed by atoms with van der Waals surface area (Å²) in [5.41, 5.74) is 2.51. The highest BCUT2D eigenvalue weighted by atomic mass is 16.5. The van der Waals surface area contributed by atoms with Gasteiger partial charge in [-0.15, -0.1) is 0 Å². The lowest BCUT2D eigenvalue weighted by atomic mass is 10.1. The van der Waals surface area contributed by atoms with Crippen LogP contribution in [0.2, 0.25) is 0 Å². The molecule has 0 fully saturated rings. The largest absolute Gasteiger partial charge is 0.497 e. The Morgan fingerprint density at radius 3 is 2.57 bits per heavy atom. The molecule has 2 aromatic rings. The van der Waals surface area contributed by atoms with Gasteiger partial charge in [-0.1, -0.05) is 24.3 Å². The maximum absolute atomic E-state index is 10.8. The number of carbonyl (C=O) groups is 1. The summed E-state index contributed by atoms with van der Waals surface area (Å²) in [4.78, 5) is 10.8. The average Bonchev–Trinajstić information content (AvgIpc) is 2.53. The normalized spacial score (nSPS) is 11.9. The van der Waals surface area contributed by atoms with E-state index < -0.39 is 5.97 Å². The van der Waals surface area contributed by atoms with Crippen molar-refractivity contribution in [3.05, 3.63) is 65.2 Å². The van der Waals surface area contributed by atoms with Crippen LogP contribution in [0.25, 0.3) is 0 Å². The van der Waals surface area contributed by atoms with Crippen molar-refractivity contribution in [1.29, 1.82) is 0 Å². The minimum Gasteiger partial charge on any atom is -0.497 e. The molecule has 2 aromatic carbocycles. The number of ether oxygens (including phenoxy) is 1. The van der Waals surface area contributed by atoms with Crippen LogP contribution in [0.3, 0.4) is 0 Å². The molecule has 0 bridgehead atoms. The van der Waals surface area contributed by atoms with Crippen LogP contribution in [0.15, 0.2) is 48.5 Å². The summed E-state index contributed by atoms with van der Waals surface area (Å²) in [6.45, 7) is 2.76. The Morgan fingerprint density at radius 1 is 1.24 bits per heavy atom. The first-order valence-electron chi connectivity index (χ1n) is 6.79. The molecule has 110 valence electrons. The topological polar surface area (TPSA) is 58.6 Å². The molecule has 4 heteroatoms. The van der Waals surface area contributed by atoms with Crippen LogP contribution in [0.4, 0.5) is 0 Å². The standard InChI is InChI=1S/C17H19NO3/c1-12(15-4-3-5-16(10-15)21-2)18-11-13-6-8-14(9-7-13)17(19)20/h3-10,12,18H,11H2,1-2H3,(H,19,20). The number of hydrogen-bond donors (Lipinski definition) is 2. The summed E-state index contributed by atoms with van der Waals surface area (Å²) in [5.74, 6) is -0.0637. The van der Waals surface area contributed by atoms with Gasteiger partial charge in [0, 0.05) is 12.6 Å². The Hall–Kier alpha value is -2.33. The second kappa shape index (κ2) is 6.90. The van der Waals surface area contributed by atoms with E-state index >= 15 is 0 Å². The van der Waals surface area contributed by atoms with Gasteiger partial charge in [-0.25, -0.2) is 4.79 Å². The molecule has 2 N–H and O–H groups in total. The van der Waals surface area contributed by atoms with Crippen molar-refractivity contribution < 1.29 is 14.6 Å². The number of benzene rings is 2. The molecule has 2 rings (SSSR count). The molecule has 0 radical (unpaired) electrons. The van der Waals surface area contributed by atoms with E-state index in [1.165, 1.54) is 0 Å². The molecule has 0 aliphatic heterocycles. The molecule has 1 unspecified atom stereocenters. The minimum absolute atomic E-state index is 0.180. The summed E-state index contributed by atoms with van der Waals surface area (Å²) >= 11 is 0. The zero-order chi connectivity index (χ0) is 15.2. The third kappa shape index (κ3) is 4.07. The predicted molar refractivity (Wildman–Crippen MR) is 81.7 cm³/mol. The van der Waals surface area contributed by atoms with Crippen molar-refractivity contribution in [2.75, 3.05) is 7.11 Å². The van der Waals surface area contributed by atoms with Crippen molar-refractivity contribution in [1.82, 2.24) is 5.32 Å². The number of nitrogens with one attached hydrogen (secondary N) is 1. The lowest BCUT2D eigenvalue weighted by Crippen LogP contribution is -2.18. The number of carboxylic acid groups (broad SMARTS) is 1. The maximum Gasteiger partial charge on any atom is 0.335 e. The predicted octanol–water partition coefficient (Wildman–Crippen LogP) is 3.24. The number of hydrogen-bond acceptors (Lipinski definition) is 3. The van der Waals surface area contributed by atoms with Crippen LogP contribution in [-0.4, -0.2) is 18.2 Å². The van der Waals surface area contributed by atoms with Crippen molar-refractivity contribution in [2.24, 2.45) is 0 Å². The highest BCUT2D eigenvalue weighted by Crippen LogP contribution is 2.19. The van der Waals surface area contributed by atoms with E-state index in [2.05, 4.69) is 12.2 Å². The van der Waals surface area contributed by atoms with Gasteiger partial charge in [-0.3, -0.25) is 0 Å². The average molecular weight is 285 g/mol. The van der Waals surface area contributed by atoms with Crippen molar-refractivity contribution in [2.45, 2.75) is 19.5 Å². The van der Waals surface area contributed by atoms with Crippen molar-refractivity contribution >= 4 is 5.97 Å². The number of carboxylic acids is 1. The van der Waals surface area contributed by atoms with Crippen LogP contribution in [0, 0.1) is 0 Å². The Labute approximate surface area is 124 Å². The molecule has 0 spiro atoms. The quantitative estimate of drug-likeness (QED) is 0.855. The van der Waals surface area contributed by atoms with E-state index in [-0.39, 0.29) is 6.04 Å². The van der Waals surface area contributed by atoms with E-state index in [1.54, 1.807) is 19.2 Å². The number of aromatic carboxylic acids is 1. The van der Waals surface area contributed by atoms with Crippen molar-refractivity contribution in [3.8, 4) is 5.75 Å². The molecule has 21 heavy (non-hydrogen) atoms. The molecule has 4 nitrogen and oxygen atoms in total. The summed E-state index contributed by atoms with van der Waals surface area (Å²) in [5, 5.41) is 12.3. The highest BCUT2D eigenvalue weighted by molar-refractivity contribution is 5.87. The Bertz CT molecular complexity index is 608. The summed E-state index contributed by atoms with van der Waals surface area (Å²) in [6, 6.07) is 15.0. The first-order chi connectivity index (χ1) is 10.1. The smallest absolute Gasteiger partial charge is 0.335 e. The van der Waals surface area contributed by atoms with Gasteiger partial charge in [-0.05, 0) is 42.3 Å². The fourth-order valence-electron chi connectivity index (χ4n) is 2.06. The summed E-state index contributed by atoms with van der Waals surface area (Å²) in [6.07, 6.45) is 0. The summed E-state index contributed by atoms with van der Waals surface area (Å²) in [7, 11) is 1.65. The first-order valence-corrected chi connectivity index (χ1v) is 6.79. The molecule has 0 aromatic heterocycles. The zero-order valence-corrected chi connectivity index (χ0v) is 12.2. The van der Waals surface area contributed by atoms with Crippen LogP contribution in [0.5, 0.6) is 5.75 Å². The van der Waals surface area contributed by atoms with Gasteiger partial charge < -0.3 is 15.2 Å². The SMILES string of the molecule is COc1cccc(C(C)NCc2ccc(C(=O)O)cc2)c1. The van der Waals surface area contributed by atoms with Gasteiger partial charge in [0.05, 0.1) is 12.7 Å². The Morgan fingerprint density at radius 2 is 1.95 bits per heavy atom. The molecule has 0 aliphatic carbocycles. The van der Waals surface area contributed by atoms with Gasteiger partial charge in [0.2, 0.25) is 0 Å². The lowest BCUT2D eigenvalue weighted by molar-refractivity contribution is 0.0697. The van der Waals surface area contributed by atoms with E-state index in [1.807, 2.05) is 36.4 Å². The molecule has 0 amide bonds. The van der Waals surface area contributed by atoms with Gasteiger partial charge in [-0.2, -0.15) is 0 Å². The molecule has 0 heterocycles. The summed E-state index contributed by atoms with van der Waals surface area (Å²) < 4.78 is 5.22. The van der Waals surface area contributed by atoms with Crippen LogP contribution in [0.1, 0.15) is 34.5 Å². The first kappa shape index (κ1) is 15.1.